The Morgan fingerprint density at radius 3 is 2.33 bits per heavy atom. The normalized spacial score (nSPS) is 15.4. The van der Waals surface area contributed by atoms with E-state index in [1.807, 2.05) is 49.9 Å². The van der Waals surface area contributed by atoms with E-state index in [1.165, 1.54) is 0 Å². The number of anilines is 1. The van der Waals surface area contributed by atoms with Crippen LogP contribution in [0.15, 0.2) is 41.2 Å². The van der Waals surface area contributed by atoms with Crippen LogP contribution in [0.2, 0.25) is 0 Å². The molecule has 3 heterocycles. The minimum absolute atomic E-state index is 0.00746. The Morgan fingerprint density at radius 1 is 1.03 bits per heavy atom. The molecule has 0 atom stereocenters. The maximum Gasteiger partial charge on any atom is 0.262 e. The fourth-order valence-electron chi connectivity index (χ4n) is 4.65. The van der Waals surface area contributed by atoms with Gasteiger partial charge in [0.25, 0.3) is 11.5 Å². The minimum Gasteiger partial charge on any atom is -0.491 e. The number of benzene rings is 2. The number of nitrogens with zero attached hydrogens (tertiary/aromatic N) is 4. The lowest BCUT2D eigenvalue weighted by Gasteiger charge is -2.36. The highest BCUT2D eigenvalue weighted by molar-refractivity contribution is 5.94. The Kier molecular flexibility index (Phi) is 6.71. The van der Waals surface area contributed by atoms with Crippen molar-refractivity contribution in [1.82, 2.24) is 14.5 Å². The molecule has 3 aromatic rings. The van der Waals surface area contributed by atoms with E-state index in [4.69, 9.17) is 19.2 Å². The van der Waals surface area contributed by atoms with Gasteiger partial charge in [0.1, 0.15) is 19.0 Å². The molecule has 1 amide bonds. The van der Waals surface area contributed by atoms with E-state index in [0.717, 1.165) is 12.2 Å². The van der Waals surface area contributed by atoms with E-state index in [2.05, 4.69) is 4.90 Å². The van der Waals surface area contributed by atoms with Crippen LogP contribution in [0.25, 0.3) is 10.9 Å². The standard InChI is InChI=1S/C27H32N4O5/c1-4-9-31-26(33)21-16-23-24(35-15-14-34-23)17-22(21)28-27(31)30-12-10-29(11-13-30)25(32)19-5-7-20(8-6-19)36-18(2)3/h5-8,16-18H,4,9-15H2,1-3H3. The number of hydrogen-bond donors (Lipinski definition) is 0. The van der Waals surface area contributed by atoms with E-state index in [0.29, 0.717) is 79.9 Å². The molecule has 2 aliphatic rings. The average molecular weight is 493 g/mol. The second-order valence-corrected chi connectivity index (χ2v) is 9.35. The molecule has 36 heavy (non-hydrogen) atoms. The first-order valence-electron chi connectivity index (χ1n) is 12.6. The Labute approximate surface area is 210 Å². The van der Waals surface area contributed by atoms with E-state index >= 15 is 0 Å². The third kappa shape index (κ3) is 4.69. The topological polar surface area (TPSA) is 86.1 Å². The Hall–Kier alpha value is -3.75. The van der Waals surface area contributed by atoms with Crippen LogP contribution in [0.4, 0.5) is 5.95 Å². The van der Waals surface area contributed by atoms with Crippen LogP contribution in [0.1, 0.15) is 37.6 Å². The highest BCUT2D eigenvalue weighted by Crippen LogP contribution is 2.33. The smallest absolute Gasteiger partial charge is 0.262 e. The summed E-state index contributed by atoms with van der Waals surface area (Å²) in [7, 11) is 0. The number of ether oxygens (including phenoxy) is 3. The van der Waals surface area contributed by atoms with Gasteiger partial charge in [0.05, 0.1) is 17.0 Å². The molecule has 2 aliphatic heterocycles. The van der Waals surface area contributed by atoms with Crippen LogP contribution >= 0.6 is 0 Å². The molecule has 0 aliphatic carbocycles. The number of rotatable bonds is 6. The molecule has 0 bridgehead atoms. The first kappa shape index (κ1) is 24.0. The van der Waals surface area contributed by atoms with Gasteiger partial charge in [-0.15, -0.1) is 0 Å². The fourth-order valence-corrected chi connectivity index (χ4v) is 4.65. The van der Waals surface area contributed by atoms with Gasteiger partial charge in [-0.05, 0) is 50.6 Å². The molecule has 0 radical (unpaired) electrons. The summed E-state index contributed by atoms with van der Waals surface area (Å²) >= 11 is 0. The molecule has 1 aromatic heterocycles. The van der Waals surface area contributed by atoms with Gasteiger partial charge in [0.2, 0.25) is 5.95 Å². The van der Waals surface area contributed by atoms with Gasteiger partial charge in [-0.2, -0.15) is 0 Å². The summed E-state index contributed by atoms with van der Waals surface area (Å²) in [5.41, 5.74) is 1.14. The number of amides is 1. The quantitative estimate of drug-likeness (QED) is 0.522. The van der Waals surface area contributed by atoms with Crippen molar-refractivity contribution in [2.75, 3.05) is 44.3 Å². The van der Waals surface area contributed by atoms with Crippen LogP contribution in [-0.4, -0.2) is 65.9 Å². The van der Waals surface area contributed by atoms with Crippen LogP contribution in [-0.2, 0) is 6.54 Å². The van der Waals surface area contributed by atoms with Crippen molar-refractivity contribution in [2.45, 2.75) is 39.8 Å². The van der Waals surface area contributed by atoms with Gasteiger partial charge in [-0.3, -0.25) is 14.2 Å². The zero-order valence-corrected chi connectivity index (χ0v) is 21.0. The third-order valence-electron chi connectivity index (χ3n) is 6.37. The van der Waals surface area contributed by atoms with Gasteiger partial charge < -0.3 is 24.0 Å². The van der Waals surface area contributed by atoms with Gasteiger partial charge in [0, 0.05) is 44.4 Å². The number of fused-ring (bicyclic) bond motifs is 2. The van der Waals surface area contributed by atoms with Crippen LogP contribution in [0.3, 0.4) is 0 Å². The molecule has 1 fully saturated rings. The number of hydrogen-bond acceptors (Lipinski definition) is 7. The molecular formula is C27H32N4O5. The molecule has 5 rings (SSSR count). The molecule has 0 saturated carbocycles. The molecule has 0 N–H and O–H groups in total. The molecule has 9 nitrogen and oxygen atoms in total. The largest absolute Gasteiger partial charge is 0.491 e. The lowest BCUT2D eigenvalue weighted by atomic mass is 10.1. The summed E-state index contributed by atoms with van der Waals surface area (Å²) in [6, 6.07) is 10.8. The molecule has 190 valence electrons. The predicted octanol–water partition coefficient (Wildman–Crippen LogP) is 3.33. The molecule has 0 unspecified atom stereocenters. The second kappa shape index (κ2) is 10.1. The van der Waals surface area contributed by atoms with Crippen molar-refractivity contribution >= 4 is 22.8 Å². The first-order valence-corrected chi connectivity index (χ1v) is 12.6. The number of piperazine rings is 1. The summed E-state index contributed by atoms with van der Waals surface area (Å²) in [6.45, 7) is 9.76. The van der Waals surface area contributed by atoms with Gasteiger partial charge in [-0.25, -0.2) is 4.98 Å². The van der Waals surface area contributed by atoms with Crippen molar-refractivity contribution in [3.63, 3.8) is 0 Å². The SMILES string of the molecule is CCCn1c(N2CCN(C(=O)c3ccc(OC(C)C)cc3)CC2)nc2cc3c(cc2c1=O)OCCO3. The van der Waals surface area contributed by atoms with E-state index in [-0.39, 0.29) is 17.6 Å². The highest BCUT2D eigenvalue weighted by atomic mass is 16.6. The summed E-state index contributed by atoms with van der Waals surface area (Å²) in [5, 5.41) is 0.523. The molecule has 0 spiro atoms. The minimum atomic E-state index is -0.0870. The monoisotopic (exact) mass is 492 g/mol. The average Bonchev–Trinajstić information content (AvgIpc) is 2.89. The summed E-state index contributed by atoms with van der Waals surface area (Å²) in [5.74, 6) is 2.57. The third-order valence-corrected chi connectivity index (χ3v) is 6.37. The lowest BCUT2D eigenvalue weighted by molar-refractivity contribution is 0.0746. The molecule has 2 aromatic carbocycles. The second-order valence-electron chi connectivity index (χ2n) is 9.35. The fraction of sp³-hybridized carbons (Fsp3) is 0.444. The zero-order chi connectivity index (χ0) is 25.2. The maximum atomic E-state index is 13.4. The van der Waals surface area contributed by atoms with Gasteiger partial charge in [-0.1, -0.05) is 6.92 Å². The van der Waals surface area contributed by atoms with E-state index < -0.39 is 0 Å². The van der Waals surface area contributed by atoms with Crippen LogP contribution < -0.4 is 24.7 Å². The maximum absolute atomic E-state index is 13.4. The molecule has 9 heteroatoms. The summed E-state index contributed by atoms with van der Waals surface area (Å²) in [4.78, 5) is 35.4. The Morgan fingerprint density at radius 2 is 1.69 bits per heavy atom. The highest BCUT2D eigenvalue weighted by Gasteiger charge is 2.26. The van der Waals surface area contributed by atoms with E-state index in [9.17, 15) is 9.59 Å². The van der Waals surface area contributed by atoms with Crippen molar-refractivity contribution < 1.29 is 19.0 Å². The van der Waals surface area contributed by atoms with Crippen molar-refractivity contribution in [1.29, 1.82) is 0 Å². The van der Waals surface area contributed by atoms with Gasteiger partial charge >= 0.3 is 0 Å². The number of aromatic nitrogens is 2. The van der Waals surface area contributed by atoms with Crippen LogP contribution in [0.5, 0.6) is 17.2 Å². The number of carbonyl (C=O) groups excluding carboxylic acids is 1. The van der Waals surface area contributed by atoms with Crippen molar-refractivity contribution in [3.05, 3.63) is 52.3 Å². The Bertz CT molecular complexity index is 1310. The first-order chi connectivity index (χ1) is 17.4. The summed E-state index contributed by atoms with van der Waals surface area (Å²) in [6.07, 6.45) is 0.888. The Balaban J connectivity index is 1.36. The van der Waals surface area contributed by atoms with Gasteiger partial charge in [0.15, 0.2) is 11.5 Å². The summed E-state index contributed by atoms with van der Waals surface area (Å²) < 4.78 is 18.8. The van der Waals surface area contributed by atoms with Crippen molar-refractivity contribution in [3.8, 4) is 17.2 Å². The lowest BCUT2D eigenvalue weighted by Crippen LogP contribution is -2.50. The number of carbonyl (C=O) groups is 1. The van der Waals surface area contributed by atoms with Crippen molar-refractivity contribution in [2.24, 2.45) is 0 Å². The van der Waals surface area contributed by atoms with E-state index in [1.54, 1.807) is 16.7 Å². The molecular weight excluding hydrogens is 460 g/mol. The zero-order valence-electron chi connectivity index (χ0n) is 21.0. The molecule has 1 saturated heterocycles. The predicted molar refractivity (Wildman–Crippen MR) is 138 cm³/mol. The van der Waals surface area contributed by atoms with Crippen LogP contribution in [0, 0.1) is 0 Å².